The largest absolute Gasteiger partial charge is 0.497 e. The van der Waals surface area contributed by atoms with E-state index in [0.717, 1.165) is 30.7 Å². The summed E-state index contributed by atoms with van der Waals surface area (Å²) in [5.41, 5.74) is 7.23. The minimum Gasteiger partial charge on any atom is -0.497 e. The molecule has 4 nitrogen and oxygen atoms in total. The number of nitrogens with two attached hydrogens (primary N) is 1. The van der Waals surface area contributed by atoms with Crippen molar-refractivity contribution in [1.29, 1.82) is 0 Å². The zero-order chi connectivity index (χ0) is 13.9. The van der Waals surface area contributed by atoms with Crippen molar-refractivity contribution in [2.24, 2.45) is 5.92 Å². The number of nitrogens with one attached hydrogen (secondary N) is 1. The summed E-state index contributed by atoms with van der Waals surface area (Å²) in [5, 5.41) is 13.3. The van der Waals surface area contributed by atoms with Gasteiger partial charge in [0, 0.05) is 23.5 Å². The van der Waals surface area contributed by atoms with Crippen LogP contribution in [0.4, 0.5) is 11.4 Å². The van der Waals surface area contributed by atoms with Crippen LogP contribution in [-0.2, 0) is 0 Å². The zero-order valence-corrected chi connectivity index (χ0v) is 11.8. The first-order valence-electron chi connectivity index (χ1n) is 6.90. The van der Waals surface area contributed by atoms with Gasteiger partial charge in [-0.3, -0.25) is 0 Å². The average Bonchev–Trinajstić information content (AvgIpc) is 2.38. The second-order valence-electron chi connectivity index (χ2n) is 5.76. The topological polar surface area (TPSA) is 67.5 Å². The highest BCUT2D eigenvalue weighted by Crippen LogP contribution is 2.35. The normalized spacial score (nSPS) is 27.0. The molecule has 2 rings (SSSR count). The number of aliphatic hydroxyl groups is 1. The van der Waals surface area contributed by atoms with Gasteiger partial charge in [-0.2, -0.15) is 0 Å². The maximum atomic E-state index is 9.79. The molecule has 0 bridgehead atoms. The number of nitrogen functional groups attached to an aromatic ring is 1. The van der Waals surface area contributed by atoms with Crippen LogP contribution in [-0.4, -0.2) is 24.4 Å². The monoisotopic (exact) mass is 264 g/mol. The number of rotatable bonds is 4. The molecule has 2 unspecified atom stereocenters. The quantitative estimate of drug-likeness (QED) is 0.731. The third-order valence-corrected chi connectivity index (χ3v) is 3.97. The van der Waals surface area contributed by atoms with Gasteiger partial charge in [0.2, 0.25) is 0 Å². The van der Waals surface area contributed by atoms with E-state index in [4.69, 9.17) is 10.5 Å². The van der Waals surface area contributed by atoms with Crippen LogP contribution in [0.3, 0.4) is 0 Å². The van der Waals surface area contributed by atoms with Gasteiger partial charge in [-0.05, 0) is 24.8 Å². The molecule has 1 aromatic rings. The first kappa shape index (κ1) is 14.0. The Morgan fingerprint density at radius 1 is 1.47 bits per heavy atom. The number of benzene rings is 1. The van der Waals surface area contributed by atoms with Gasteiger partial charge in [0.15, 0.2) is 0 Å². The number of ether oxygens (including phenoxy) is 1. The summed E-state index contributed by atoms with van der Waals surface area (Å²) < 4.78 is 5.23. The fourth-order valence-corrected chi connectivity index (χ4v) is 3.08. The molecule has 1 aliphatic carbocycles. The van der Waals surface area contributed by atoms with Gasteiger partial charge in [-0.15, -0.1) is 0 Å². The lowest BCUT2D eigenvalue weighted by molar-refractivity contribution is 0.149. The van der Waals surface area contributed by atoms with Gasteiger partial charge in [-0.1, -0.05) is 19.8 Å². The van der Waals surface area contributed by atoms with Crippen molar-refractivity contribution in [3.63, 3.8) is 0 Å². The highest BCUT2D eigenvalue weighted by atomic mass is 16.5. The van der Waals surface area contributed by atoms with Crippen molar-refractivity contribution in [2.75, 3.05) is 24.8 Å². The maximum Gasteiger partial charge on any atom is 0.122 e. The Kier molecular flexibility index (Phi) is 4.20. The molecule has 106 valence electrons. The first-order valence-corrected chi connectivity index (χ1v) is 6.90. The fourth-order valence-electron chi connectivity index (χ4n) is 3.08. The molecule has 0 aromatic heterocycles. The zero-order valence-electron chi connectivity index (χ0n) is 11.8. The fraction of sp³-hybridized carbons (Fsp3) is 0.600. The van der Waals surface area contributed by atoms with Crippen LogP contribution in [0.5, 0.6) is 5.75 Å². The van der Waals surface area contributed by atoms with E-state index in [2.05, 4.69) is 12.2 Å². The Balaban J connectivity index is 2.20. The Labute approximate surface area is 115 Å². The summed E-state index contributed by atoms with van der Waals surface area (Å²) in [6.07, 6.45) is 4.36. The lowest BCUT2D eigenvalue weighted by Gasteiger charge is -2.40. The SMILES string of the molecule is COc1cc(N)cc(NC2(CO)CCCC(C)C2)c1. The van der Waals surface area contributed by atoms with Crippen molar-refractivity contribution in [1.82, 2.24) is 0 Å². The summed E-state index contributed by atoms with van der Waals surface area (Å²) in [7, 11) is 1.63. The minimum atomic E-state index is -0.226. The van der Waals surface area contributed by atoms with Crippen molar-refractivity contribution < 1.29 is 9.84 Å². The second kappa shape index (κ2) is 5.70. The van der Waals surface area contributed by atoms with Gasteiger partial charge < -0.3 is 20.9 Å². The highest BCUT2D eigenvalue weighted by Gasteiger charge is 2.34. The van der Waals surface area contributed by atoms with Crippen LogP contribution in [0, 0.1) is 5.92 Å². The summed E-state index contributed by atoms with van der Waals surface area (Å²) in [6.45, 7) is 2.39. The smallest absolute Gasteiger partial charge is 0.122 e. The lowest BCUT2D eigenvalue weighted by atomic mass is 9.76. The molecule has 0 heterocycles. The highest BCUT2D eigenvalue weighted by molar-refractivity contribution is 5.60. The Hall–Kier alpha value is -1.42. The van der Waals surface area contributed by atoms with Crippen molar-refractivity contribution in [2.45, 2.75) is 38.1 Å². The van der Waals surface area contributed by atoms with Gasteiger partial charge in [0.05, 0.1) is 19.3 Å². The van der Waals surface area contributed by atoms with Crippen molar-refractivity contribution >= 4 is 11.4 Å². The molecular weight excluding hydrogens is 240 g/mol. The molecule has 1 aliphatic rings. The maximum absolute atomic E-state index is 9.79. The molecule has 0 saturated heterocycles. The Morgan fingerprint density at radius 3 is 2.89 bits per heavy atom. The Bertz CT molecular complexity index is 436. The lowest BCUT2D eigenvalue weighted by Crippen LogP contribution is -2.45. The predicted molar refractivity (Wildman–Crippen MR) is 78.5 cm³/mol. The molecular formula is C15H24N2O2. The van der Waals surface area contributed by atoms with Crippen LogP contribution in [0.1, 0.15) is 32.6 Å². The van der Waals surface area contributed by atoms with Gasteiger partial charge >= 0.3 is 0 Å². The number of hydrogen-bond donors (Lipinski definition) is 3. The molecule has 0 aliphatic heterocycles. The van der Waals surface area contributed by atoms with E-state index >= 15 is 0 Å². The molecule has 0 amide bonds. The molecule has 1 aromatic carbocycles. The molecule has 4 heteroatoms. The second-order valence-corrected chi connectivity index (χ2v) is 5.76. The molecule has 2 atom stereocenters. The molecule has 1 saturated carbocycles. The third kappa shape index (κ3) is 3.32. The van der Waals surface area contributed by atoms with E-state index in [0.29, 0.717) is 11.6 Å². The molecule has 0 spiro atoms. The summed E-state index contributed by atoms with van der Waals surface area (Å²) in [5.74, 6) is 1.37. The first-order chi connectivity index (χ1) is 9.07. The van der Waals surface area contributed by atoms with Gasteiger partial charge in [0.25, 0.3) is 0 Å². The molecule has 0 radical (unpaired) electrons. The van der Waals surface area contributed by atoms with E-state index in [1.807, 2.05) is 12.1 Å². The summed E-state index contributed by atoms with van der Waals surface area (Å²) in [6, 6.07) is 5.60. The molecule has 4 N–H and O–H groups in total. The van der Waals surface area contributed by atoms with E-state index < -0.39 is 0 Å². The number of anilines is 2. The number of methoxy groups -OCH3 is 1. The minimum absolute atomic E-state index is 0.147. The van der Waals surface area contributed by atoms with Gasteiger partial charge in [0.1, 0.15) is 5.75 Å². The van der Waals surface area contributed by atoms with Gasteiger partial charge in [-0.25, -0.2) is 0 Å². The van der Waals surface area contributed by atoms with Crippen LogP contribution in [0.15, 0.2) is 18.2 Å². The predicted octanol–water partition coefficient (Wildman–Crippen LogP) is 2.63. The van der Waals surface area contributed by atoms with Crippen LogP contribution >= 0.6 is 0 Å². The third-order valence-electron chi connectivity index (χ3n) is 3.97. The average molecular weight is 264 g/mol. The van der Waals surface area contributed by atoms with Crippen LogP contribution in [0.2, 0.25) is 0 Å². The van der Waals surface area contributed by atoms with E-state index in [-0.39, 0.29) is 12.1 Å². The van der Waals surface area contributed by atoms with Crippen LogP contribution < -0.4 is 15.8 Å². The number of aliphatic hydroxyl groups excluding tert-OH is 1. The van der Waals surface area contributed by atoms with Crippen molar-refractivity contribution in [3.05, 3.63) is 18.2 Å². The molecule has 1 fully saturated rings. The molecule has 19 heavy (non-hydrogen) atoms. The van der Waals surface area contributed by atoms with E-state index in [1.54, 1.807) is 13.2 Å². The Morgan fingerprint density at radius 2 is 2.26 bits per heavy atom. The van der Waals surface area contributed by atoms with Crippen molar-refractivity contribution in [3.8, 4) is 5.75 Å². The van der Waals surface area contributed by atoms with E-state index in [1.165, 1.54) is 6.42 Å². The summed E-state index contributed by atoms with van der Waals surface area (Å²) >= 11 is 0. The number of hydrogen-bond acceptors (Lipinski definition) is 4. The standard InChI is InChI=1S/C15H24N2O2/c1-11-4-3-5-15(9-11,10-18)17-13-6-12(16)7-14(8-13)19-2/h6-8,11,17-18H,3-5,9-10,16H2,1-2H3. The van der Waals surface area contributed by atoms with E-state index in [9.17, 15) is 5.11 Å². The van der Waals surface area contributed by atoms with Crippen LogP contribution in [0.25, 0.3) is 0 Å². The summed E-state index contributed by atoms with van der Waals surface area (Å²) in [4.78, 5) is 0.